The molecule has 0 aliphatic carbocycles. The molecule has 1 aliphatic rings. The van der Waals surface area contributed by atoms with Crippen LogP contribution in [0, 0.1) is 6.92 Å². The van der Waals surface area contributed by atoms with Crippen molar-refractivity contribution in [1.82, 2.24) is 4.90 Å². The van der Waals surface area contributed by atoms with Crippen molar-refractivity contribution in [1.29, 1.82) is 0 Å². The molecule has 0 saturated heterocycles. The summed E-state index contributed by atoms with van der Waals surface area (Å²) in [5.41, 5.74) is 1.39. The number of carboxylic acids is 1. The van der Waals surface area contributed by atoms with E-state index in [0.717, 1.165) is 6.08 Å². The van der Waals surface area contributed by atoms with Crippen LogP contribution in [0.15, 0.2) is 24.3 Å². The molecule has 1 aromatic carbocycles. The lowest BCUT2D eigenvalue weighted by molar-refractivity contribution is -0.147. The molecular weight excluding hydrogens is 270 g/mol. The number of hydrogen-bond donors (Lipinski definition) is 1. The molecule has 1 heterocycles. The fraction of sp³-hybridized carbons (Fsp3) is 0.154. The van der Waals surface area contributed by atoms with Crippen molar-refractivity contribution in [2.75, 3.05) is 6.54 Å². The van der Waals surface area contributed by atoms with Crippen LogP contribution < -0.4 is 0 Å². The molecule has 0 fully saturated rings. The summed E-state index contributed by atoms with van der Waals surface area (Å²) < 4.78 is 0. The molecular formula is C13H10ClNO4. The standard InChI is InChI=1S/C13H10ClNO4/c1-7-8(3-2-4-10(7)14)9-5-11(16)15(13(9)19)6-12(17)18/h2-5H,6H2,1H3,(H,17,18). The molecule has 0 aromatic heterocycles. The van der Waals surface area contributed by atoms with Crippen molar-refractivity contribution in [3.8, 4) is 0 Å². The first-order valence-electron chi connectivity index (χ1n) is 5.46. The Bertz CT molecular complexity index is 621. The van der Waals surface area contributed by atoms with E-state index in [-0.39, 0.29) is 5.57 Å². The Morgan fingerprint density at radius 1 is 1.37 bits per heavy atom. The molecule has 1 aliphatic heterocycles. The number of carboxylic acid groups (broad SMARTS) is 1. The highest BCUT2D eigenvalue weighted by atomic mass is 35.5. The van der Waals surface area contributed by atoms with E-state index in [4.69, 9.17) is 16.7 Å². The van der Waals surface area contributed by atoms with Crippen molar-refractivity contribution in [2.45, 2.75) is 6.92 Å². The van der Waals surface area contributed by atoms with Gasteiger partial charge in [-0.1, -0.05) is 23.7 Å². The normalized spacial score (nSPS) is 14.8. The van der Waals surface area contributed by atoms with Gasteiger partial charge < -0.3 is 5.11 Å². The Balaban J connectivity index is 2.40. The Hall–Kier alpha value is -2.14. The fourth-order valence-electron chi connectivity index (χ4n) is 1.89. The van der Waals surface area contributed by atoms with E-state index in [1.807, 2.05) is 0 Å². The van der Waals surface area contributed by atoms with Crippen molar-refractivity contribution >= 4 is 35.0 Å². The summed E-state index contributed by atoms with van der Waals surface area (Å²) in [5, 5.41) is 9.16. The molecule has 6 heteroatoms. The maximum absolute atomic E-state index is 12.0. The van der Waals surface area contributed by atoms with Gasteiger partial charge in [0.2, 0.25) is 0 Å². The molecule has 5 nitrogen and oxygen atoms in total. The number of carbonyl (C=O) groups is 3. The number of halogens is 1. The summed E-state index contributed by atoms with van der Waals surface area (Å²) in [4.78, 5) is 35.0. The number of amides is 2. The van der Waals surface area contributed by atoms with Crippen LogP contribution in [0.1, 0.15) is 11.1 Å². The summed E-state index contributed by atoms with van der Waals surface area (Å²) in [6, 6.07) is 5.02. The highest BCUT2D eigenvalue weighted by molar-refractivity contribution is 6.35. The first-order chi connectivity index (χ1) is 8.91. The van der Waals surface area contributed by atoms with Crippen molar-refractivity contribution in [3.05, 3.63) is 40.4 Å². The molecule has 1 N–H and O–H groups in total. The predicted molar refractivity (Wildman–Crippen MR) is 68.5 cm³/mol. The van der Waals surface area contributed by atoms with Gasteiger partial charge in [0.05, 0.1) is 5.57 Å². The molecule has 0 atom stereocenters. The van der Waals surface area contributed by atoms with Gasteiger partial charge in [0.25, 0.3) is 11.8 Å². The second-order valence-corrected chi connectivity index (χ2v) is 4.50. The summed E-state index contributed by atoms with van der Waals surface area (Å²) in [5.74, 6) is -2.47. The van der Waals surface area contributed by atoms with E-state index in [1.165, 1.54) is 0 Å². The van der Waals surface area contributed by atoms with Crippen molar-refractivity contribution in [2.24, 2.45) is 0 Å². The molecule has 0 bridgehead atoms. The number of benzene rings is 1. The lowest BCUT2D eigenvalue weighted by Gasteiger charge is -2.12. The van der Waals surface area contributed by atoms with Gasteiger partial charge in [-0.05, 0) is 24.1 Å². The molecule has 98 valence electrons. The fourth-order valence-corrected chi connectivity index (χ4v) is 2.06. The highest BCUT2D eigenvalue weighted by Gasteiger charge is 2.33. The predicted octanol–water partition coefficient (Wildman–Crippen LogP) is 1.49. The van der Waals surface area contributed by atoms with Gasteiger partial charge in [0.1, 0.15) is 6.54 Å². The second kappa shape index (κ2) is 4.85. The van der Waals surface area contributed by atoms with Crippen LogP contribution in [0.3, 0.4) is 0 Å². The third-order valence-electron chi connectivity index (χ3n) is 2.86. The number of hydrogen-bond acceptors (Lipinski definition) is 3. The molecule has 0 spiro atoms. The smallest absolute Gasteiger partial charge is 0.323 e. The molecule has 1 aromatic rings. The lowest BCUT2D eigenvalue weighted by atomic mass is 10.0. The van der Waals surface area contributed by atoms with Crippen LogP contribution in [0.5, 0.6) is 0 Å². The topological polar surface area (TPSA) is 74.7 Å². The van der Waals surface area contributed by atoms with Gasteiger partial charge in [-0.2, -0.15) is 0 Å². The zero-order chi connectivity index (χ0) is 14.2. The molecule has 0 saturated carbocycles. The number of nitrogens with zero attached hydrogens (tertiary/aromatic N) is 1. The van der Waals surface area contributed by atoms with Crippen LogP contribution in [-0.4, -0.2) is 34.3 Å². The first-order valence-corrected chi connectivity index (χ1v) is 5.84. The average Bonchev–Trinajstić information content (AvgIpc) is 2.60. The van der Waals surface area contributed by atoms with E-state index < -0.39 is 24.3 Å². The average molecular weight is 280 g/mol. The van der Waals surface area contributed by atoms with Crippen molar-refractivity contribution in [3.63, 3.8) is 0 Å². The van der Waals surface area contributed by atoms with E-state index in [1.54, 1.807) is 25.1 Å². The lowest BCUT2D eigenvalue weighted by Crippen LogP contribution is -2.35. The van der Waals surface area contributed by atoms with Crippen LogP contribution in [0.2, 0.25) is 5.02 Å². The minimum Gasteiger partial charge on any atom is -0.480 e. The third-order valence-corrected chi connectivity index (χ3v) is 3.27. The quantitative estimate of drug-likeness (QED) is 0.851. The molecule has 2 rings (SSSR count). The van der Waals surface area contributed by atoms with Gasteiger partial charge in [-0.25, -0.2) is 0 Å². The Labute approximate surface area is 114 Å². The summed E-state index contributed by atoms with van der Waals surface area (Å²) in [6.45, 7) is 1.09. The zero-order valence-corrected chi connectivity index (χ0v) is 10.8. The minimum absolute atomic E-state index is 0.172. The van der Waals surface area contributed by atoms with Gasteiger partial charge >= 0.3 is 5.97 Å². The Morgan fingerprint density at radius 2 is 2.05 bits per heavy atom. The number of aliphatic carboxylic acids is 1. The molecule has 0 radical (unpaired) electrons. The SMILES string of the molecule is Cc1c(Cl)cccc1C1=CC(=O)N(CC(=O)O)C1=O. The van der Waals surface area contributed by atoms with Crippen LogP contribution >= 0.6 is 11.6 Å². The Kier molecular flexibility index (Phi) is 3.40. The first kappa shape index (κ1) is 13.3. The second-order valence-electron chi connectivity index (χ2n) is 4.09. The minimum atomic E-state index is -1.24. The monoisotopic (exact) mass is 279 g/mol. The van der Waals surface area contributed by atoms with Crippen LogP contribution in [-0.2, 0) is 14.4 Å². The maximum atomic E-state index is 12.0. The molecule has 19 heavy (non-hydrogen) atoms. The van der Waals surface area contributed by atoms with Gasteiger partial charge in [-0.3, -0.25) is 19.3 Å². The summed E-state index contributed by atoms with van der Waals surface area (Å²) in [7, 11) is 0. The number of imide groups is 1. The number of carbonyl (C=O) groups excluding carboxylic acids is 2. The van der Waals surface area contributed by atoms with E-state index >= 15 is 0 Å². The molecule has 0 unspecified atom stereocenters. The zero-order valence-electron chi connectivity index (χ0n) is 10.0. The summed E-state index contributed by atoms with van der Waals surface area (Å²) in [6.07, 6.45) is 1.14. The van der Waals surface area contributed by atoms with Gasteiger partial charge in [0, 0.05) is 11.1 Å². The Morgan fingerprint density at radius 3 is 2.68 bits per heavy atom. The van der Waals surface area contributed by atoms with E-state index in [9.17, 15) is 14.4 Å². The van der Waals surface area contributed by atoms with Crippen LogP contribution in [0.25, 0.3) is 5.57 Å². The number of rotatable bonds is 3. The largest absolute Gasteiger partial charge is 0.480 e. The van der Waals surface area contributed by atoms with Crippen molar-refractivity contribution < 1.29 is 19.5 Å². The van der Waals surface area contributed by atoms with Crippen LogP contribution in [0.4, 0.5) is 0 Å². The third kappa shape index (κ3) is 2.37. The highest BCUT2D eigenvalue weighted by Crippen LogP contribution is 2.29. The summed E-state index contributed by atoms with van der Waals surface area (Å²) >= 11 is 5.97. The van der Waals surface area contributed by atoms with Gasteiger partial charge in [-0.15, -0.1) is 0 Å². The molecule has 2 amide bonds. The van der Waals surface area contributed by atoms with E-state index in [0.29, 0.717) is 21.0 Å². The maximum Gasteiger partial charge on any atom is 0.323 e. The van der Waals surface area contributed by atoms with E-state index in [2.05, 4.69) is 0 Å². The van der Waals surface area contributed by atoms with Gasteiger partial charge in [0.15, 0.2) is 0 Å².